The highest BCUT2D eigenvalue weighted by atomic mass is 35.5. The molecule has 196 valence electrons. The molecule has 1 N–H and O–H groups in total. The van der Waals surface area contributed by atoms with Crippen molar-refractivity contribution in [1.82, 2.24) is 14.9 Å². The van der Waals surface area contributed by atoms with Gasteiger partial charge in [-0.1, -0.05) is 48.5 Å². The second kappa shape index (κ2) is 11.5. The molecule has 1 fully saturated rings. The molecule has 0 aliphatic heterocycles. The molecule has 12 heteroatoms. The molecule has 1 saturated carbocycles. The topological polar surface area (TPSA) is 67.2 Å². The van der Waals surface area contributed by atoms with Crippen molar-refractivity contribution in [2.45, 2.75) is 50.7 Å². The summed E-state index contributed by atoms with van der Waals surface area (Å²) in [5.41, 5.74) is -0.554. The Bertz CT molecular complexity index is 1310. The van der Waals surface area contributed by atoms with E-state index in [-0.39, 0.29) is 27.6 Å². The maximum atomic E-state index is 15.1. The normalized spacial score (nSPS) is 14.9. The lowest BCUT2D eigenvalue weighted by molar-refractivity contribution is -0.127. The first-order chi connectivity index (χ1) is 17.7. The van der Waals surface area contributed by atoms with Crippen molar-refractivity contribution < 1.29 is 27.2 Å². The van der Waals surface area contributed by atoms with Gasteiger partial charge in [0.1, 0.15) is 29.4 Å². The van der Waals surface area contributed by atoms with Gasteiger partial charge in [0, 0.05) is 29.4 Å². The maximum absolute atomic E-state index is 15.1. The molecule has 1 aliphatic carbocycles. The number of halogens is 6. The summed E-state index contributed by atoms with van der Waals surface area (Å²) in [7, 11) is 0. The van der Waals surface area contributed by atoms with E-state index in [1.54, 1.807) is 0 Å². The van der Waals surface area contributed by atoms with Gasteiger partial charge in [0.2, 0.25) is 11.8 Å². The molecule has 4 rings (SSSR count). The Morgan fingerprint density at radius 2 is 1.73 bits per heavy atom. The van der Waals surface area contributed by atoms with E-state index >= 15 is 4.39 Å². The van der Waals surface area contributed by atoms with Gasteiger partial charge in [-0.3, -0.25) is 14.5 Å². The lowest BCUT2D eigenvalue weighted by Crippen LogP contribution is -2.48. The van der Waals surface area contributed by atoms with E-state index in [1.165, 1.54) is 10.9 Å². The van der Waals surface area contributed by atoms with Gasteiger partial charge in [-0.15, -0.1) is 0 Å². The number of benzene rings is 2. The summed E-state index contributed by atoms with van der Waals surface area (Å²) >= 11 is 12.0. The minimum atomic E-state index is -1.68. The van der Waals surface area contributed by atoms with E-state index in [9.17, 15) is 22.8 Å². The van der Waals surface area contributed by atoms with E-state index in [4.69, 9.17) is 23.2 Å². The number of nitrogens with one attached hydrogen (secondary N) is 1. The summed E-state index contributed by atoms with van der Waals surface area (Å²) < 4.78 is 58.0. The zero-order valence-corrected chi connectivity index (χ0v) is 20.9. The maximum Gasteiger partial charge on any atom is 0.248 e. The van der Waals surface area contributed by atoms with Gasteiger partial charge in [-0.05, 0) is 31.0 Å². The number of anilines is 1. The molecule has 1 aromatic heterocycles. The van der Waals surface area contributed by atoms with E-state index in [0.29, 0.717) is 18.9 Å². The van der Waals surface area contributed by atoms with E-state index < -0.39 is 47.7 Å². The molecule has 0 radical (unpaired) electrons. The number of carbonyl (C=O) groups excluding carboxylic acids is 2. The Morgan fingerprint density at radius 1 is 1.00 bits per heavy atom. The summed E-state index contributed by atoms with van der Waals surface area (Å²) in [6, 6.07) is 3.24. The predicted molar refractivity (Wildman–Crippen MR) is 130 cm³/mol. The van der Waals surface area contributed by atoms with Crippen molar-refractivity contribution in [2.75, 3.05) is 4.90 Å². The van der Waals surface area contributed by atoms with Gasteiger partial charge in [-0.2, -0.15) is 0 Å². The van der Waals surface area contributed by atoms with Crippen LogP contribution in [0.25, 0.3) is 0 Å². The highest BCUT2D eigenvalue weighted by molar-refractivity contribution is 6.40. The first-order valence-electron chi connectivity index (χ1n) is 11.5. The first-order valence-corrected chi connectivity index (χ1v) is 12.3. The molecule has 2 amide bonds. The summed E-state index contributed by atoms with van der Waals surface area (Å²) in [5, 5.41) is 2.69. The van der Waals surface area contributed by atoms with E-state index in [0.717, 1.165) is 54.5 Å². The predicted octanol–water partition coefficient (Wildman–Crippen LogP) is 5.97. The molecule has 3 aromatic rings. The third-order valence-electron chi connectivity index (χ3n) is 6.20. The van der Waals surface area contributed by atoms with Gasteiger partial charge in [0.15, 0.2) is 16.8 Å². The smallest absolute Gasteiger partial charge is 0.248 e. The largest absolute Gasteiger partial charge is 0.351 e. The van der Waals surface area contributed by atoms with Crippen molar-refractivity contribution in [3.05, 3.63) is 81.9 Å². The van der Waals surface area contributed by atoms with Crippen LogP contribution in [0.3, 0.4) is 0 Å². The van der Waals surface area contributed by atoms with Crippen molar-refractivity contribution >= 4 is 40.7 Å². The molecule has 0 saturated heterocycles. The summed E-state index contributed by atoms with van der Waals surface area (Å²) in [4.78, 5) is 31.9. The average molecular weight is 557 g/mol. The van der Waals surface area contributed by atoms with E-state index in [1.807, 2.05) is 0 Å². The summed E-state index contributed by atoms with van der Waals surface area (Å²) in [5.74, 6) is -6.05. The van der Waals surface area contributed by atoms with Gasteiger partial charge in [0.25, 0.3) is 0 Å². The molecule has 0 spiro atoms. The minimum Gasteiger partial charge on any atom is -0.351 e. The number of imidazole rings is 1. The Kier molecular flexibility index (Phi) is 8.39. The number of amides is 2. The Hall–Kier alpha value is -3.11. The van der Waals surface area contributed by atoms with Gasteiger partial charge in [0.05, 0.1) is 6.33 Å². The Morgan fingerprint density at radius 3 is 2.35 bits per heavy atom. The van der Waals surface area contributed by atoms with Crippen molar-refractivity contribution in [2.24, 2.45) is 0 Å². The average Bonchev–Trinajstić information content (AvgIpc) is 3.17. The van der Waals surface area contributed by atoms with E-state index in [2.05, 4.69) is 10.3 Å². The van der Waals surface area contributed by atoms with Crippen molar-refractivity contribution in [3.8, 4) is 0 Å². The molecule has 1 heterocycles. The number of hydrogen-bond donors (Lipinski definition) is 1. The standard InChI is InChI=1S/C25H22Cl2F4N4O2/c26-23-24(27)34(13-32-23)12-21(36)35(16-7-9-18(29)20(31)11-16)22(17-8-6-14(28)10-19(17)30)25(37)33-15-4-2-1-3-5-15/h6-11,13,15,22H,1-5,12H2,(H,33,37). The summed E-state index contributed by atoms with van der Waals surface area (Å²) in [6.45, 7) is -0.520. The molecule has 0 bridgehead atoms. The van der Waals surface area contributed by atoms with Crippen LogP contribution in [0.15, 0.2) is 42.7 Å². The lowest BCUT2D eigenvalue weighted by atomic mass is 9.94. The molecule has 1 aliphatic rings. The molecular formula is C25H22Cl2F4N4O2. The van der Waals surface area contributed by atoms with Crippen LogP contribution in [-0.2, 0) is 16.1 Å². The highest BCUT2D eigenvalue weighted by Crippen LogP contribution is 2.32. The molecule has 1 atom stereocenters. The highest BCUT2D eigenvalue weighted by Gasteiger charge is 2.36. The van der Waals surface area contributed by atoms with Crippen LogP contribution >= 0.6 is 23.2 Å². The van der Waals surface area contributed by atoms with Crippen molar-refractivity contribution in [1.29, 1.82) is 0 Å². The molecule has 2 aromatic carbocycles. The number of hydrogen-bond acceptors (Lipinski definition) is 3. The van der Waals surface area contributed by atoms with Crippen LogP contribution in [0.2, 0.25) is 10.3 Å². The monoisotopic (exact) mass is 556 g/mol. The Balaban J connectivity index is 1.82. The number of aromatic nitrogens is 2. The van der Waals surface area contributed by atoms with Crippen LogP contribution in [0.5, 0.6) is 0 Å². The number of rotatable bonds is 7. The molecule has 6 nitrogen and oxygen atoms in total. The third-order valence-corrected chi connectivity index (χ3v) is 6.97. The molecule has 37 heavy (non-hydrogen) atoms. The minimum absolute atomic E-state index is 0.0728. The molecule has 1 unspecified atom stereocenters. The zero-order chi connectivity index (χ0) is 26.7. The van der Waals surface area contributed by atoms with Crippen LogP contribution in [0.4, 0.5) is 23.2 Å². The fraction of sp³-hybridized carbons (Fsp3) is 0.320. The zero-order valence-electron chi connectivity index (χ0n) is 19.4. The van der Waals surface area contributed by atoms with Gasteiger partial charge < -0.3 is 9.88 Å². The lowest BCUT2D eigenvalue weighted by Gasteiger charge is -2.33. The van der Waals surface area contributed by atoms with Crippen molar-refractivity contribution in [3.63, 3.8) is 0 Å². The van der Waals surface area contributed by atoms with Gasteiger partial charge >= 0.3 is 0 Å². The van der Waals surface area contributed by atoms with Crippen LogP contribution in [-0.4, -0.2) is 27.4 Å². The second-order valence-corrected chi connectivity index (χ2v) is 9.44. The van der Waals surface area contributed by atoms with Crippen LogP contribution < -0.4 is 10.2 Å². The Labute approximate surface area is 220 Å². The first kappa shape index (κ1) is 26.9. The second-order valence-electron chi connectivity index (χ2n) is 8.73. The van der Waals surface area contributed by atoms with Crippen LogP contribution in [0, 0.1) is 23.3 Å². The fourth-order valence-electron chi connectivity index (χ4n) is 4.39. The molecular weight excluding hydrogens is 535 g/mol. The third kappa shape index (κ3) is 6.07. The quantitative estimate of drug-likeness (QED) is 0.364. The number of nitrogens with zero attached hydrogens (tertiary/aromatic N) is 3. The summed E-state index contributed by atoms with van der Waals surface area (Å²) in [6.07, 6.45) is 5.33. The number of carbonyl (C=O) groups is 2. The van der Waals surface area contributed by atoms with Gasteiger partial charge in [-0.25, -0.2) is 22.5 Å². The van der Waals surface area contributed by atoms with Crippen LogP contribution in [0.1, 0.15) is 43.7 Å². The SMILES string of the molecule is O=C(NC1CCCCC1)C(c1ccc(F)cc1F)N(C(=O)Cn1cnc(Cl)c1Cl)c1ccc(F)c(F)c1. The fourth-order valence-corrected chi connectivity index (χ4v) is 4.70.